The summed E-state index contributed by atoms with van der Waals surface area (Å²) in [5.41, 5.74) is 0.851. The average Bonchev–Trinajstić information content (AvgIpc) is 3.08. The molecule has 5 nitrogen and oxygen atoms in total. The van der Waals surface area contributed by atoms with Gasteiger partial charge in [0.25, 0.3) is 11.8 Å². The number of amides is 2. The van der Waals surface area contributed by atoms with E-state index in [1.807, 2.05) is 26.0 Å². The van der Waals surface area contributed by atoms with Crippen molar-refractivity contribution in [2.45, 2.75) is 13.8 Å². The predicted molar refractivity (Wildman–Crippen MR) is 105 cm³/mol. The molecule has 1 fully saturated rings. The summed E-state index contributed by atoms with van der Waals surface area (Å²) in [6, 6.07) is 10.7. The molecule has 2 amide bonds. The second-order valence-electron chi connectivity index (χ2n) is 5.65. The molecule has 0 aliphatic carbocycles. The van der Waals surface area contributed by atoms with Crippen LogP contribution in [0.3, 0.4) is 0 Å². The molecule has 0 bridgehead atoms. The highest BCUT2D eigenvalue weighted by Gasteiger charge is 2.38. The Labute approximate surface area is 161 Å². The molecule has 3 rings (SSSR count). The van der Waals surface area contributed by atoms with Crippen molar-refractivity contribution in [1.29, 1.82) is 0 Å². The first-order chi connectivity index (χ1) is 12.5. The molecule has 1 saturated heterocycles. The summed E-state index contributed by atoms with van der Waals surface area (Å²) >= 11 is 11.3. The number of carbonyl (C=O) groups excluding carboxylic acids is 2. The molecular formula is C19H17ClN2O3S. The maximum atomic E-state index is 12.6. The molecule has 0 N–H and O–H groups in total. The topological polar surface area (TPSA) is 53.8 Å². The fourth-order valence-electron chi connectivity index (χ4n) is 2.75. The SMILES string of the molecule is CCN1C(=O)C(=Cc2ccc(-c3cccc(Cl)c3)o2)C(=O)N(CC)C1=S. The van der Waals surface area contributed by atoms with E-state index in [0.717, 1.165) is 5.56 Å². The van der Waals surface area contributed by atoms with Crippen LogP contribution in [0.2, 0.25) is 5.02 Å². The maximum absolute atomic E-state index is 12.6. The van der Waals surface area contributed by atoms with Gasteiger partial charge in [0.15, 0.2) is 5.11 Å². The third-order valence-electron chi connectivity index (χ3n) is 4.07. The number of thiocarbonyl (C=S) groups is 1. The molecule has 134 valence electrons. The van der Waals surface area contributed by atoms with E-state index in [2.05, 4.69) is 0 Å². The Hall–Kier alpha value is -2.44. The zero-order chi connectivity index (χ0) is 18.8. The van der Waals surface area contributed by atoms with Gasteiger partial charge in [0.05, 0.1) is 0 Å². The van der Waals surface area contributed by atoms with Gasteiger partial charge in [-0.3, -0.25) is 19.4 Å². The number of carbonyl (C=O) groups is 2. The number of rotatable bonds is 4. The van der Waals surface area contributed by atoms with Crippen molar-refractivity contribution >= 4 is 46.8 Å². The first-order valence-electron chi connectivity index (χ1n) is 8.21. The minimum Gasteiger partial charge on any atom is -0.457 e. The lowest BCUT2D eigenvalue weighted by molar-refractivity contribution is -0.133. The van der Waals surface area contributed by atoms with Gasteiger partial charge in [-0.2, -0.15) is 0 Å². The van der Waals surface area contributed by atoms with Crippen molar-refractivity contribution in [1.82, 2.24) is 9.80 Å². The van der Waals surface area contributed by atoms with Gasteiger partial charge in [-0.15, -0.1) is 0 Å². The lowest BCUT2D eigenvalue weighted by atomic mass is 10.1. The van der Waals surface area contributed by atoms with Crippen molar-refractivity contribution in [2.75, 3.05) is 13.1 Å². The fraction of sp³-hybridized carbons (Fsp3) is 0.211. The Morgan fingerprint density at radius 1 is 1.08 bits per heavy atom. The predicted octanol–water partition coefficient (Wildman–Crippen LogP) is 3.98. The molecule has 2 heterocycles. The number of hydrogen-bond acceptors (Lipinski definition) is 4. The Kier molecular flexibility index (Phi) is 5.25. The summed E-state index contributed by atoms with van der Waals surface area (Å²) in [6.45, 7) is 4.42. The molecule has 0 atom stereocenters. The van der Waals surface area contributed by atoms with E-state index in [1.54, 1.807) is 24.3 Å². The lowest BCUT2D eigenvalue weighted by Gasteiger charge is -2.35. The van der Waals surface area contributed by atoms with Gasteiger partial charge in [0.1, 0.15) is 17.1 Å². The van der Waals surface area contributed by atoms with Crippen LogP contribution in [0, 0.1) is 0 Å². The van der Waals surface area contributed by atoms with Crippen LogP contribution in [0.15, 0.2) is 46.4 Å². The molecule has 1 aromatic carbocycles. The summed E-state index contributed by atoms with van der Waals surface area (Å²) < 4.78 is 5.78. The molecule has 1 aliphatic rings. The number of nitrogens with zero attached hydrogens (tertiary/aromatic N) is 2. The quantitative estimate of drug-likeness (QED) is 0.451. The largest absolute Gasteiger partial charge is 0.457 e. The molecular weight excluding hydrogens is 372 g/mol. The van der Waals surface area contributed by atoms with Crippen LogP contribution in [-0.2, 0) is 9.59 Å². The number of hydrogen-bond donors (Lipinski definition) is 0. The summed E-state index contributed by atoms with van der Waals surface area (Å²) in [4.78, 5) is 28.1. The summed E-state index contributed by atoms with van der Waals surface area (Å²) in [7, 11) is 0. The average molecular weight is 389 g/mol. The normalized spacial score (nSPS) is 15.0. The van der Waals surface area contributed by atoms with Gasteiger partial charge in [-0.05, 0) is 56.4 Å². The smallest absolute Gasteiger partial charge is 0.265 e. The zero-order valence-electron chi connectivity index (χ0n) is 14.4. The standard InChI is InChI=1S/C19H17ClN2O3S/c1-3-21-17(23)15(18(24)22(4-2)19(21)26)11-14-8-9-16(25-14)12-6-5-7-13(20)10-12/h5-11H,3-4H2,1-2H3. The van der Waals surface area contributed by atoms with Crippen molar-refractivity contribution in [3.05, 3.63) is 52.8 Å². The van der Waals surface area contributed by atoms with E-state index < -0.39 is 11.8 Å². The molecule has 0 spiro atoms. The van der Waals surface area contributed by atoms with E-state index in [4.69, 9.17) is 28.2 Å². The van der Waals surface area contributed by atoms with Crippen LogP contribution in [-0.4, -0.2) is 39.8 Å². The first kappa shape index (κ1) is 18.4. The van der Waals surface area contributed by atoms with Gasteiger partial charge in [-0.25, -0.2) is 0 Å². The van der Waals surface area contributed by atoms with Gasteiger partial charge in [0.2, 0.25) is 0 Å². The summed E-state index contributed by atoms with van der Waals surface area (Å²) in [6.07, 6.45) is 1.46. The van der Waals surface area contributed by atoms with Gasteiger partial charge in [-0.1, -0.05) is 23.7 Å². The lowest BCUT2D eigenvalue weighted by Crippen LogP contribution is -2.55. The van der Waals surface area contributed by atoms with E-state index in [0.29, 0.717) is 29.6 Å². The second kappa shape index (κ2) is 7.43. The van der Waals surface area contributed by atoms with E-state index >= 15 is 0 Å². The highest BCUT2D eigenvalue weighted by Crippen LogP contribution is 2.27. The Morgan fingerprint density at radius 3 is 2.31 bits per heavy atom. The highest BCUT2D eigenvalue weighted by molar-refractivity contribution is 7.80. The minimum absolute atomic E-state index is 0.0364. The highest BCUT2D eigenvalue weighted by atomic mass is 35.5. The number of likely N-dealkylation sites (N-methyl/N-ethyl adjacent to an activating group) is 2. The van der Waals surface area contributed by atoms with Crippen molar-refractivity contribution in [3.8, 4) is 11.3 Å². The maximum Gasteiger partial charge on any atom is 0.265 e. The molecule has 1 aliphatic heterocycles. The molecule has 0 radical (unpaired) electrons. The summed E-state index contributed by atoms with van der Waals surface area (Å²) in [5, 5.41) is 0.836. The molecule has 0 unspecified atom stereocenters. The van der Waals surface area contributed by atoms with E-state index in [-0.39, 0.29) is 10.7 Å². The van der Waals surface area contributed by atoms with Gasteiger partial charge >= 0.3 is 0 Å². The zero-order valence-corrected chi connectivity index (χ0v) is 15.9. The Morgan fingerprint density at radius 2 is 1.73 bits per heavy atom. The number of halogens is 1. The van der Waals surface area contributed by atoms with Crippen LogP contribution in [0.1, 0.15) is 19.6 Å². The second-order valence-corrected chi connectivity index (χ2v) is 6.45. The minimum atomic E-state index is -0.409. The van der Waals surface area contributed by atoms with Crippen LogP contribution >= 0.6 is 23.8 Å². The third-order valence-corrected chi connectivity index (χ3v) is 4.74. The van der Waals surface area contributed by atoms with Crippen molar-refractivity contribution in [3.63, 3.8) is 0 Å². The Bertz CT molecular complexity index is 891. The van der Waals surface area contributed by atoms with E-state index in [9.17, 15) is 9.59 Å². The molecule has 2 aromatic rings. The van der Waals surface area contributed by atoms with Gasteiger partial charge in [0, 0.05) is 23.7 Å². The molecule has 7 heteroatoms. The van der Waals surface area contributed by atoms with Crippen LogP contribution in [0.25, 0.3) is 17.4 Å². The monoisotopic (exact) mass is 388 g/mol. The van der Waals surface area contributed by atoms with Crippen LogP contribution in [0.4, 0.5) is 0 Å². The molecule has 0 saturated carbocycles. The van der Waals surface area contributed by atoms with Crippen molar-refractivity contribution in [2.24, 2.45) is 0 Å². The Balaban J connectivity index is 1.97. The number of furan rings is 1. The summed E-state index contributed by atoms with van der Waals surface area (Å²) in [5.74, 6) is 0.197. The van der Waals surface area contributed by atoms with Gasteiger partial charge < -0.3 is 4.42 Å². The fourth-order valence-corrected chi connectivity index (χ4v) is 3.37. The van der Waals surface area contributed by atoms with E-state index in [1.165, 1.54) is 15.9 Å². The third kappa shape index (κ3) is 3.30. The van der Waals surface area contributed by atoms with Crippen LogP contribution in [0.5, 0.6) is 0 Å². The first-order valence-corrected chi connectivity index (χ1v) is 9.00. The number of benzene rings is 1. The molecule has 1 aromatic heterocycles. The van der Waals surface area contributed by atoms with Crippen molar-refractivity contribution < 1.29 is 14.0 Å². The molecule has 26 heavy (non-hydrogen) atoms. The van der Waals surface area contributed by atoms with Crippen LogP contribution < -0.4 is 0 Å².